The van der Waals surface area contributed by atoms with Gasteiger partial charge in [0.1, 0.15) is 0 Å². The first-order valence-corrected chi connectivity index (χ1v) is 5.09. The second kappa shape index (κ2) is 3.92. The van der Waals surface area contributed by atoms with Gasteiger partial charge in [-0.1, -0.05) is 12.8 Å². The Hall–Kier alpha value is -1.16. The lowest BCUT2D eigenvalue weighted by Crippen LogP contribution is -2.29. The molecule has 1 fully saturated rings. The Balaban J connectivity index is 2.43. The summed E-state index contributed by atoms with van der Waals surface area (Å²) in [5, 5.41) is 0. The van der Waals surface area contributed by atoms with Gasteiger partial charge in [-0.15, -0.1) is 0 Å². The molecule has 1 aliphatic rings. The van der Waals surface area contributed by atoms with E-state index in [1.807, 2.05) is 6.07 Å². The maximum absolute atomic E-state index is 11.6. The lowest BCUT2D eigenvalue weighted by molar-refractivity contribution is 0.473. The largest absolute Gasteiger partial charge is 0.348 e. The number of aromatic nitrogens is 2. The van der Waals surface area contributed by atoms with Gasteiger partial charge in [0.05, 0.1) is 0 Å². The summed E-state index contributed by atoms with van der Waals surface area (Å²) in [5.74, 6) is 0. The van der Waals surface area contributed by atoms with E-state index in [-0.39, 0.29) is 5.69 Å². The Morgan fingerprint density at radius 1 is 1.50 bits per heavy atom. The second-order valence-electron chi connectivity index (χ2n) is 3.73. The molecule has 0 amide bonds. The van der Waals surface area contributed by atoms with Gasteiger partial charge >= 0.3 is 5.69 Å². The molecule has 0 saturated heterocycles. The predicted octanol–water partition coefficient (Wildman–Crippen LogP) is 0.817. The third-order valence-corrected chi connectivity index (χ3v) is 2.87. The number of nitrogens with zero attached hydrogens (tertiary/aromatic N) is 2. The maximum atomic E-state index is 11.6. The Labute approximate surface area is 82.8 Å². The summed E-state index contributed by atoms with van der Waals surface area (Å²) in [6.07, 6.45) is 6.11. The third kappa shape index (κ3) is 1.57. The van der Waals surface area contributed by atoms with Crippen molar-refractivity contribution in [3.8, 4) is 0 Å². The molecule has 14 heavy (non-hydrogen) atoms. The van der Waals surface area contributed by atoms with E-state index in [1.165, 1.54) is 19.0 Å². The minimum Gasteiger partial charge on any atom is -0.325 e. The summed E-state index contributed by atoms with van der Waals surface area (Å²) >= 11 is 0. The van der Waals surface area contributed by atoms with Gasteiger partial charge in [-0.2, -0.15) is 0 Å². The van der Waals surface area contributed by atoms with Crippen LogP contribution >= 0.6 is 0 Å². The molecule has 1 aromatic rings. The highest BCUT2D eigenvalue weighted by Crippen LogP contribution is 2.28. The molecular weight excluding hydrogens is 178 g/mol. The normalized spacial score (nSPS) is 17.5. The molecule has 76 valence electrons. The molecular formula is C10H15N3O. The van der Waals surface area contributed by atoms with Crippen LogP contribution < -0.4 is 11.4 Å². The van der Waals surface area contributed by atoms with E-state index in [1.54, 1.807) is 4.57 Å². The van der Waals surface area contributed by atoms with Crippen LogP contribution in [0.3, 0.4) is 0 Å². The lowest BCUT2D eigenvalue weighted by Gasteiger charge is -2.16. The van der Waals surface area contributed by atoms with Crippen LogP contribution in [-0.4, -0.2) is 9.55 Å². The fraction of sp³-hybridized carbons (Fsp3) is 0.600. The Morgan fingerprint density at radius 2 is 2.21 bits per heavy atom. The first-order chi connectivity index (χ1) is 6.83. The molecule has 0 aromatic carbocycles. The van der Waals surface area contributed by atoms with Gasteiger partial charge in [0, 0.05) is 24.5 Å². The molecule has 0 radical (unpaired) electrons. The summed E-state index contributed by atoms with van der Waals surface area (Å²) in [6, 6.07) is 2.16. The number of hydrogen-bond acceptors (Lipinski definition) is 3. The van der Waals surface area contributed by atoms with E-state index in [4.69, 9.17) is 5.73 Å². The number of nitrogens with two attached hydrogens (primary N) is 1. The minimum absolute atomic E-state index is 0.153. The lowest BCUT2D eigenvalue weighted by atomic mass is 10.2. The topological polar surface area (TPSA) is 60.9 Å². The summed E-state index contributed by atoms with van der Waals surface area (Å²) in [5.41, 5.74) is 6.35. The Morgan fingerprint density at radius 3 is 2.86 bits per heavy atom. The van der Waals surface area contributed by atoms with Crippen LogP contribution in [0, 0.1) is 0 Å². The van der Waals surface area contributed by atoms with Crippen molar-refractivity contribution < 1.29 is 0 Å². The van der Waals surface area contributed by atoms with E-state index in [0.29, 0.717) is 12.6 Å². The monoisotopic (exact) mass is 193 g/mol. The zero-order chi connectivity index (χ0) is 9.97. The van der Waals surface area contributed by atoms with Crippen molar-refractivity contribution in [3.63, 3.8) is 0 Å². The van der Waals surface area contributed by atoms with Gasteiger partial charge in [-0.25, -0.2) is 9.78 Å². The molecule has 0 aliphatic heterocycles. The van der Waals surface area contributed by atoms with Crippen molar-refractivity contribution in [2.45, 2.75) is 38.3 Å². The average Bonchev–Trinajstić information content (AvgIpc) is 2.70. The molecule has 0 unspecified atom stereocenters. The van der Waals surface area contributed by atoms with Gasteiger partial charge in [-0.05, 0) is 18.9 Å². The molecule has 4 nitrogen and oxygen atoms in total. The van der Waals surface area contributed by atoms with E-state index in [9.17, 15) is 4.79 Å². The predicted molar refractivity (Wildman–Crippen MR) is 53.9 cm³/mol. The van der Waals surface area contributed by atoms with Crippen LogP contribution in [0.1, 0.15) is 37.4 Å². The number of hydrogen-bond donors (Lipinski definition) is 1. The van der Waals surface area contributed by atoms with Crippen molar-refractivity contribution in [2.24, 2.45) is 5.73 Å². The summed E-state index contributed by atoms with van der Waals surface area (Å²) in [7, 11) is 0. The molecule has 0 bridgehead atoms. The third-order valence-electron chi connectivity index (χ3n) is 2.87. The molecule has 1 saturated carbocycles. The molecule has 0 spiro atoms. The highest BCUT2D eigenvalue weighted by atomic mass is 16.1. The average molecular weight is 193 g/mol. The SMILES string of the molecule is NCc1ccnc(=O)n1C1CCCC1. The molecule has 1 heterocycles. The van der Waals surface area contributed by atoms with Crippen LogP contribution in [0.5, 0.6) is 0 Å². The van der Waals surface area contributed by atoms with Crippen molar-refractivity contribution >= 4 is 0 Å². The second-order valence-corrected chi connectivity index (χ2v) is 3.73. The van der Waals surface area contributed by atoms with Gasteiger partial charge in [0.15, 0.2) is 0 Å². The van der Waals surface area contributed by atoms with Crippen LogP contribution in [0.25, 0.3) is 0 Å². The molecule has 0 atom stereocenters. The zero-order valence-electron chi connectivity index (χ0n) is 8.15. The standard InChI is InChI=1S/C10H15N3O/c11-7-9-5-6-12-10(14)13(9)8-3-1-2-4-8/h5-6,8H,1-4,7,11H2. The van der Waals surface area contributed by atoms with E-state index in [2.05, 4.69) is 4.98 Å². The first-order valence-electron chi connectivity index (χ1n) is 5.09. The molecule has 1 aromatic heterocycles. The summed E-state index contributed by atoms with van der Waals surface area (Å²) < 4.78 is 1.77. The summed E-state index contributed by atoms with van der Waals surface area (Å²) in [6.45, 7) is 0.411. The van der Waals surface area contributed by atoms with Crippen molar-refractivity contribution in [1.29, 1.82) is 0 Å². The fourth-order valence-corrected chi connectivity index (χ4v) is 2.17. The van der Waals surface area contributed by atoms with Crippen LogP contribution in [0.15, 0.2) is 17.1 Å². The smallest absolute Gasteiger partial charge is 0.325 e. The van der Waals surface area contributed by atoms with Crippen molar-refractivity contribution in [3.05, 3.63) is 28.4 Å². The fourth-order valence-electron chi connectivity index (χ4n) is 2.17. The Kier molecular flexibility index (Phi) is 2.63. The van der Waals surface area contributed by atoms with E-state index >= 15 is 0 Å². The highest BCUT2D eigenvalue weighted by Gasteiger charge is 2.19. The van der Waals surface area contributed by atoms with Gasteiger partial charge in [0.2, 0.25) is 0 Å². The highest BCUT2D eigenvalue weighted by molar-refractivity contribution is 5.02. The minimum atomic E-state index is -0.153. The molecule has 2 N–H and O–H groups in total. The number of rotatable bonds is 2. The van der Waals surface area contributed by atoms with Gasteiger partial charge < -0.3 is 5.73 Å². The zero-order valence-corrected chi connectivity index (χ0v) is 8.15. The Bertz CT molecular complexity index is 366. The van der Waals surface area contributed by atoms with Crippen LogP contribution in [0.4, 0.5) is 0 Å². The van der Waals surface area contributed by atoms with Gasteiger partial charge in [0.25, 0.3) is 0 Å². The van der Waals surface area contributed by atoms with Crippen molar-refractivity contribution in [2.75, 3.05) is 0 Å². The van der Waals surface area contributed by atoms with Crippen molar-refractivity contribution in [1.82, 2.24) is 9.55 Å². The quantitative estimate of drug-likeness (QED) is 0.756. The molecule has 1 aliphatic carbocycles. The first kappa shape index (κ1) is 9.40. The van der Waals surface area contributed by atoms with Gasteiger partial charge in [-0.3, -0.25) is 4.57 Å². The van der Waals surface area contributed by atoms with Crippen LogP contribution in [-0.2, 0) is 6.54 Å². The summed E-state index contributed by atoms with van der Waals surface area (Å²) in [4.78, 5) is 15.4. The molecule has 2 rings (SSSR count). The van der Waals surface area contributed by atoms with E-state index < -0.39 is 0 Å². The molecule has 4 heteroatoms. The maximum Gasteiger partial charge on any atom is 0.348 e. The van der Waals surface area contributed by atoms with Crippen LogP contribution in [0.2, 0.25) is 0 Å². The van der Waals surface area contributed by atoms with E-state index in [0.717, 1.165) is 18.5 Å².